The van der Waals surface area contributed by atoms with E-state index in [-0.39, 0.29) is 17.4 Å². The van der Waals surface area contributed by atoms with Crippen molar-refractivity contribution >= 4 is 22.8 Å². The zero-order chi connectivity index (χ0) is 20.6. The largest absolute Gasteiger partial charge is 0.469 e. The number of carbonyl (C=O) groups is 2. The minimum atomic E-state index is -0.206. The van der Waals surface area contributed by atoms with E-state index in [4.69, 9.17) is 4.98 Å². The Kier molecular flexibility index (Phi) is 7.38. The molecule has 3 rings (SSSR count). The molecule has 0 fully saturated rings. The van der Waals surface area contributed by atoms with Crippen LogP contribution in [-0.4, -0.2) is 35.1 Å². The molecule has 0 atom stereocenters. The number of hydrogen-bond donors (Lipinski definition) is 1. The van der Waals surface area contributed by atoms with E-state index in [0.29, 0.717) is 29.4 Å². The van der Waals surface area contributed by atoms with Gasteiger partial charge in [0.15, 0.2) is 0 Å². The van der Waals surface area contributed by atoms with Gasteiger partial charge in [-0.05, 0) is 43.9 Å². The van der Waals surface area contributed by atoms with Crippen LogP contribution < -0.4 is 10.9 Å². The average molecular weight is 399 g/mol. The number of nitrogens with zero attached hydrogens (tertiary/aromatic N) is 2. The third-order valence-corrected chi connectivity index (χ3v) is 5.40. The number of benzene rings is 1. The molecule has 0 saturated heterocycles. The summed E-state index contributed by atoms with van der Waals surface area (Å²) in [4.78, 5) is 41.1. The van der Waals surface area contributed by atoms with Gasteiger partial charge in [-0.2, -0.15) is 0 Å². The first-order valence-corrected chi connectivity index (χ1v) is 10.5. The van der Waals surface area contributed by atoms with Crippen LogP contribution in [0.25, 0.3) is 10.9 Å². The maximum atomic E-state index is 12.9. The second kappa shape index (κ2) is 10.2. The Labute approximate surface area is 170 Å². The maximum Gasteiger partial charge on any atom is 0.305 e. The highest BCUT2D eigenvalue weighted by Gasteiger charge is 2.14. The quantitative estimate of drug-likeness (QED) is 0.571. The van der Waals surface area contributed by atoms with E-state index >= 15 is 0 Å². The molecule has 0 saturated carbocycles. The molecule has 0 bridgehead atoms. The number of aryl methyl sites for hydroxylation is 1. The number of ether oxygens (including phenoxy) is 1. The molecule has 0 radical (unpaired) electrons. The molecular formula is C22H29N3O4. The van der Waals surface area contributed by atoms with E-state index in [0.717, 1.165) is 63.7 Å². The number of rotatable bonds is 7. The normalized spacial score (nSPS) is 14.0. The third-order valence-electron chi connectivity index (χ3n) is 5.40. The van der Waals surface area contributed by atoms with Crippen molar-refractivity contribution in [2.75, 3.05) is 13.7 Å². The molecule has 7 nitrogen and oxygen atoms in total. The van der Waals surface area contributed by atoms with E-state index in [9.17, 15) is 14.4 Å². The lowest BCUT2D eigenvalue weighted by atomic mass is 10.1. The van der Waals surface area contributed by atoms with Crippen LogP contribution in [0.5, 0.6) is 0 Å². The van der Waals surface area contributed by atoms with Gasteiger partial charge in [0.1, 0.15) is 5.82 Å². The number of aromatic nitrogens is 2. The number of unbranched alkanes of at least 4 members (excludes halogenated alkanes) is 2. The van der Waals surface area contributed by atoms with Gasteiger partial charge in [0.2, 0.25) is 0 Å². The Morgan fingerprint density at radius 2 is 1.97 bits per heavy atom. The lowest BCUT2D eigenvalue weighted by Gasteiger charge is -2.16. The molecule has 1 aliphatic rings. The smallest absolute Gasteiger partial charge is 0.305 e. The van der Waals surface area contributed by atoms with Crippen LogP contribution in [0.4, 0.5) is 0 Å². The summed E-state index contributed by atoms with van der Waals surface area (Å²) >= 11 is 0. The Bertz CT molecular complexity index is 936. The van der Waals surface area contributed by atoms with Gasteiger partial charge in [-0.15, -0.1) is 0 Å². The summed E-state index contributed by atoms with van der Waals surface area (Å²) in [5, 5.41) is 3.46. The van der Waals surface area contributed by atoms with Crippen LogP contribution in [0.2, 0.25) is 0 Å². The summed E-state index contributed by atoms with van der Waals surface area (Å²) < 4.78 is 6.41. The second-order valence-electron chi connectivity index (χ2n) is 7.52. The molecule has 1 N–H and O–H groups in total. The number of methoxy groups -OCH3 is 1. The first-order chi connectivity index (χ1) is 14.1. The average Bonchev–Trinajstić information content (AvgIpc) is 2.71. The van der Waals surface area contributed by atoms with Crippen molar-refractivity contribution in [1.29, 1.82) is 0 Å². The van der Waals surface area contributed by atoms with Gasteiger partial charge >= 0.3 is 5.97 Å². The van der Waals surface area contributed by atoms with Crippen LogP contribution in [-0.2, 0) is 22.5 Å². The highest BCUT2D eigenvalue weighted by atomic mass is 16.5. The van der Waals surface area contributed by atoms with Crippen molar-refractivity contribution in [1.82, 2.24) is 14.9 Å². The molecule has 0 spiro atoms. The van der Waals surface area contributed by atoms with Crippen molar-refractivity contribution in [2.24, 2.45) is 0 Å². The molecule has 1 aromatic carbocycles. The Balaban J connectivity index is 1.64. The Morgan fingerprint density at radius 3 is 2.79 bits per heavy atom. The number of esters is 1. The molecule has 1 aliphatic heterocycles. The topological polar surface area (TPSA) is 90.3 Å². The second-order valence-corrected chi connectivity index (χ2v) is 7.52. The minimum absolute atomic E-state index is 0.00976. The van der Waals surface area contributed by atoms with Crippen LogP contribution in [0.1, 0.15) is 67.5 Å². The fourth-order valence-electron chi connectivity index (χ4n) is 3.71. The molecule has 1 amide bonds. The van der Waals surface area contributed by atoms with E-state index in [1.807, 2.05) is 0 Å². The molecule has 29 heavy (non-hydrogen) atoms. The minimum Gasteiger partial charge on any atom is -0.469 e. The fourth-order valence-corrected chi connectivity index (χ4v) is 3.71. The van der Waals surface area contributed by atoms with Crippen LogP contribution in [0.3, 0.4) is 0 Å². The molecule has 156 valence electrons. The SMILES string of the molecule is COC(=O)CCCCCNC(=O)c1ccc2c(=O)n3c(nc2c1)CCCCCC3. The van der Waals surface area contributed by atoms with E-state index in [2.05, 4.69) is 10.1 Å². The molecule has 0 unspecified atom stereocenters. The zero-order valence-corrected chi connectivity index (χ0v) is 17.0. The molecule has 0 aliphatic carbocycles. The number of nitrogens with one attached hydrogen (secondary N) is 1. The van der Waals surface area contributed by atoms with Crippen LogP contribution in [0, 0.1) is 0 Å². The van der Waals surface area contributed by atoms with Gasteiger partial charge in [-0.3, -0.25) is 19.0 Å². The van der Waals surface area contributed by atoms with Gasteiger partial charge in [-0.25, -0.2) is 4.98 Å². The Hall–Kier alpha value is -2.70. The summed E-state index contributed by atoms with van der Waals surface area (Å²) in [5.41, 5.74) is 1.09. The summed E-state index contributed by atoms with van der Waals surface area (Å²) in [7, 11) is 1.38. The predicted molar refractivity (Wildman–Crippen MR) is 111 cm³/mol. The van der Waals surface area contributed by atoms with E-state index < -0.39 is 0 Å². The number of fused-ring (bicyclic) bond motifs is 2. The monoisotopic (exact) mass is 399 g/mol. The first-order valence-electron chi connectivity index (χ1n) is 10.5. The predicted octanol–water partition coefficient (Wildman–Crippen LogP) is 2.98. The highest BCUT2D eigenvalue weighted by molar-refractivity contribution is 5.97. The highest BCUT2D eigenvalue weighted by Crippen LogP contribution is 2.16. The van der Waals surface area contributed by atoms with Gasteiger partial charge < -0.3 is 10.1 Å². The molecule has 7 heteroatoms. The van der Waals surface area contributed by atoms with Crippen molar-refractivity contribution in [3.63, 3.8) is 0 Å². The molecule has 2 heterocycles. The lowest BCUT2D eigenvalue weighted by Crippen LogP contribution is -2.27. The van der Waals surface area contributed by atoms with E-state index in [1.165, 1.54) is 7.11 Å². The maximum absolute atomic E-state index is 12.9. The summed E-state index contributed by atoms with van der Waals surface area (Å²) in [6.45, 7) is 1.26. The fraction of sp³-hybridized carbons (Fsp3) is 0.545. The summed E-state index contributed by atoms with van der Waals surface area (Å²) in [6, 6.07) is 5.11. The van der Waals surface area contributed by atoms with Crippen molar-refractivity contribution in [2.45, 2.75) is 64.3 Å². The first kappa shape index (κ1) is 21.0. The lowest BCUT2D eigenvalue weighted by molar-refractivity contribution is -0.140. The zero-order valence-electron chi connectivity index (χ0n) is 17.0. The van der Waals surface area contributed by atoms with Crippen molar-refractivity contribution < 1.29 is 14.3 Å². The van der Waals surface area contributed by atoms with E-state index in [1.54, 1.807) is 22.8 Å². The van der Waals surface area contributed by atoms with Crippen molar-refractivity contribution in [3.8, 4) is 0 Å². The molecular weight excluding hydrogens is 370 g/mol. The van der Waals surface area contributed by atoms with Gasteiger partial charge in [0.25, 0.3) is 11.5 Å². The van der Waals surface area contributed by atoms with Crippen molar-refractivity contribution in [3.05, 3.63) is 39.9 Å². The standard InChI is InChI=1S/C22H29N3O4/c1-29-20(26)10-6-4-7-13-23-21(27)16-11-12-17-18(15-16)24-19-9-5-2-3-8-14-25(19)22(17)28/h11-12,15H,2-10,13-14H2,1H3,(H,23,27). The van der Waals surface area contributed by atoms with Crippen LogP contribution in [0.15, 0.2) is 23.0 Å². The number of amides is 1. The summed E-state index contributed by atoms with van der Waals surface area (Å²) in [6.07, 6.45) is 7.93. The van der Waals surface area contributed by atoms with Gasteiger partial charge in [-0.1, -0.05) is 19.3 Å². The summed E-state index contributed by atoms with van der Waals surface area (Å²) in [5.74, 6) is 0.445. The third kappa shape index (κ3) is 5.43. The molecule has 2 aromatic rings. The molecule has 1 aromatic heterocycles. The van der Waals surface area contributed by atoms with Gasteiger partial charge in [0, 0.05) is 31.5 Å². The number of hydrogen-bond acceptors (Lipinski definition) is 5. The number of carbonyl (C=O) groups excluding carboxylic acids is 2. The van der Waals surface area contributed by atoms with Crippen LogP contribution >= 0.6 is 0 Å². The van der Waals surface area contributed by atoms with Gasteiger partial charge in [0.05, 0.1) is 18.0 Å². The Morgan fingerprint density at radius 1 is 1.14 bits per heavy atom.